The molecule has 102 valence electrons. The van der Waals surface area contributed by atoms with Gasteiger partial charge in [-0.05, 0) is 34.9 Å². The van der Waals surface area contributed by atoms with E-state index >= 15 is 0 Å². The largest absolute Gasteiger partial charge is 0.504 e. The van der Waals surface area contributed by atoms with E-state index in [1.54, 1.807) is 36.4 Å². The second kappa shape index (κ2) is 6.15. The molecule has 6 heteroatoms. The van der Waals surface area contributed by atoms with Crippen LogP contribution in [0.25, 0.3) is 22.1 Å². The van der Waals surface area contributed by atoms with E-state index in [0.29, 0.717) is 22.4 Å². The lowest BCUT2D eigenvalue weighted by molar-refractivity contribution is 0.403. The highest BCUT2D eigenvalue weighted by atomic mass is 16.3. The maximum absolute atomic E-state index is 9.44. The molecule has 0 heterocycles. The van der Waals surface area contributed by atoms with Gasteiger partial charge in [0.05, 0.1) is 11.6 Å². The summed E-state index contributed by atoms with van der Waals surface area (Å²) in [5.74, 6) is -0.468. The average molecular weight is 278 g/mol. The topological polar surface area (TPSA) is 113 Å². The summed E-state index contributed by atoms with van der Waals surface area (Å²) < 4.78 is 0. The molecule has 2 aromatic carbocycles. The highest BCUT2D eigenvalue weighted by Gasteiger charge is 2.03. The fourth-order valence-electron chi connectivity index (χ4n) is 1.74. The summed E-state index contributed by atoms with van der Waals surface area (Å²) in [6.45, 7) is 0. The number of hydrogen-bond acceptors (Lipinski definition) is 4. The fraction of sp³-hybridized carbons (Fsp3) is 0. The maximum atomic E-state index is 9.44. The lowest BCUT2D eigenvalue weighted by Crippen LogP contribution is -1.82. The van der Waals surface area contributed by atoms with Crippen molar-refractivity contribution in [2.24, 2.45) is 5.11 Å². The van der Waals surface area contributed by atoms with Gasteiger partial charge in [-0.2, -0.15) is 5.26 Å². The van der Waals surface area contributed by atoms with Crippen molar-refractivity contribution < 1.29 is 10.2 Å². The molecule has 0 unspecified atom stereocenters. The monoisotopic (exact) mass is 278 g/mol. The van der Waals surface area contributed by atoms with Crippen LogP contribution in [0.5, 0.6) is 11.5 Å². The molecule has 6 nitrogen and oxygen atoms in total. The van der Waals surface area contributed by atoms with Gasteiger partial charge in [0.15, 0.2) is 11.5 Å². The van der Waals surface area contributed by atoms with Crippen LogP contribution in [-0.2, 0) is 0 Å². The molecule has 0 bridgehead atoms. The number of phenolic OH excluding ortho intramolecular Hbond substituents is 2. The van der Waals surface area contributed by atoms with Gasteiger partial charge in [0, 0.05) is 10.6 Å². The average Bonchev–Trinajstić information content (AvgIpc) is 2.50. The Morgan fingerprint density at radius 3 is 2.43 bits per heavy atom. The van der Waals surface area contributed by atoms with Crippen molar-refractivity contribution in [1.82, 2.24) is 0 Å². The van der Waals surface area contributed by atoms with Gasteiger partial charge in [0.25, 0.3) is 0 Å². The highest BCUT2D eigenvalue weighted by molar-refractivity contribution is 5.90. The Labute approximate surface area is 120 Å². The minimum Gasteiger partial charge on any atom is -0.504 e. The number of azide groups is 1. The van der Waals surface area contributed by atoms with Crippen molar-refractivity contribution >= 4 is 17.3 Å². The predicted octanol–water partition coefficient (Wildman–Crippen LogP) is 4.10. The Balaban J connectivity index is 2.38. The van der Waals surface area contributed by atoms with Crippen LogP contribution in [0.4, 0.5) is 5.69 Å². The first-order valence-corrected chi connectivity index (χ1v) is 5.93. The number of rotatable bonds is 3. The van der Waals surface area contributed by atoms with E-state index in [1.165, 1.54) is 12.1 Å². The Morgan fingerprint density at radius 2 is 1.86 bits per heavy atom. The van der Waals surface area contributed by atoms with E-state index in [-0.39, 0.29) is 11.5 Å². The highest BCUT2D eigenvalue weighted by Crippen LogP contribution is 2.27. The number of benzene rings is 2. The second-order valence-electron chi connectivity index (χ2n) is 4.15. The van der Waals surface area contributed by atoms with Crippen molar-refractivity contribution in [3.63, 3.8) is 0 Å². The van der Waals surface area contributed by atoms with Gasteiger partial charge in [-0.1, -0.05) is 35.4 Å². The third-order valence-corrected chi connectivity index (χ3v) is 2.77. The van der Waals surface area contributed by atoms with E-state index in [0.717, 1.165) is 0 Å². The van der Waals surface area contributed by atoms with E-state index in [4.69, 9.17) is 5.53 Å². The number of nitriles is 1. The molecule has 0 aliphatic rings. The van der Waals surface area contributed by atoms with E-state index in [9.17, 15) is 15.5 Å². The van der Waals surface area contributed by atoms with Crippen LogP contribution in [0, 0.1) is 11.3 Å². The molecule has 0 aromatic heterocycles. The van der Waals surface area contributed by atoms with E-state index in [2.05, 4.69) is 16.1 Å². The minimum atomic E-state index is -0.250. The standard InChI is InChI=1S/C15H10N4O2/c16-9-12(7-10-1-6-14(20)15(21)8-10)11-2-4-13(5-3-11)18-19-17/h1-8,20-21H/b12-7+. The number of aromatic hydroxyl groups is 2. The lowest BCUT2D eigenvalue weighted by Gasteiger charge is -2.02. The Morgan fingerprint density at radius 1 is 1.14 bits per heavy atom. The zero-order valence-electron chi connectivity index (χ0n) is 10.8. The smallest absolute Gasteiger partial charge is 0.157 e. The Hall–Kier alpha value is -3.42. The molecule has 0 amide bonds. The first kappa shape index (κ1) is 14.0. The quantitative estimate of drug-likeness (QED) is 0.220. The van der Waals surface area contributed by atoms with Crippen LogP contribution >= 0.6 is 0 Å². The number of nitrogens with zero attached hydrogens (tertiary/aromatic N) is 4. The van der Waals surface area contributed by atoms with Crippen molar-refractivity contribution in [2.75, 3.05) is 0 Å². The first-order valence-electron chi connectivity index (χ1n) is 5.93. The van der Waals surface area contributed by atoms with Gasteiger partial charge >= 0.3 is 0 Å². The normalized spacial score (nSPS) is 10.5. The predicted molar refractivity (Wildman–Crippen MR) is 78.5 cm³/mol. The van der Waals surface area contributed by atoms with Crippen LogP contribution in [0.1, 0.15) is 11.1 Å². The van der Waals surface area contributed by atoms with Gasteiger partial charge in [-0.15, -0.1) is 0 Å². The molecule has 2 rings (SSSR count). The van der Waals surface area contributed by atoms with Crippen LogP contribution in [0.2, 0.25) is 0 Å². The summed E-state index contributed by atoms with van der Waals surface area (Å²) in [7, 11) is 0. The Kier molecular flexibility index (Phi) is 4.10. The van der Waals surface area contributed by atoms with Gasteiger partial charge < -0.3 is 10.2 Å². The molecule has 21 heavy (non-hydrogen) atoms. The third-order valence-electron chi connectivity index (χ3n) is 2.77. The van der Waals surface area contributed by atoms with Gasteiger partial charge in [0.1, 0.15) is 0 Å². The first-order chi connectivity index (χ1) is 10.1. The molecule has 0 aliphatic heterocycles. The number of allylic oxidation sites excluding steroid dienone is 1. The van der Waals surface area contributed by atoms with E-state index < -0.39 is 0 Å². The van der Waals surface area contributed by atoms with Crippen LogP contribution < -0.4 is 0 Å². The Bertz CT molecular complexity index is 782. The summed E-state index contributed by atoms with van der Waals surface area (Å²) >= 11 is 0. The molecule has 2 aromatic rings. The second-order valence-corrected chi connectivity index (χ2v) is 4.15. The zero-order valence-corrected chi connectivity index (χ0v) is 10.8. The summed E-state index contributed by atoms with van der Waals surface area (Å²) in [6.07, 6.45) is 1.59. The lowest BCUT2D eigenvalue weighted by atomic mass is 10.0. The van der Waals surface area contributed by atoms with Crippen molar-refractivity contribution in [3.05, 3.63) is 64.0 Å². The summed E-state index contributed by atoms with van der Waals surface area (Å²) in [5.41, 5.74) is 10.4. The maximum Gasteiger partial charge on any atom is 0.157 e. The van der Waals surface area contributed by atoms with Crippen LogP contribution in [-0.4, -0.2) is 10.2 Å². The molecule has 0 saturated heterocycles. The minimum absolute atomic E-state index is 0.218. The van der Waals surface area contributed by atoms with E-state index in [1.807, 2.05) is 0 Å². The van der Waals surface area contributed by atoms with Gasteiger partial charge in [-0.3, -0.25) is 0 Å². The number of hydrogen-bond donors (Lipinski definition) is 2. The van der Waals surface area contributed by atoms with Gasteiger partial charge in [-0.25, -0.2) is 0 Å². The fourth-order valence-corrected chi connectivity index (χ4v) is 1.74. The summed E-state index contributed by atoms with van der Waals surface area (Å²) in [5, 5.41) is 31.4. The summed E-state index contributed by atoms with van der Waals surface area (Å²) in [6, 6.07) is 12.9. The third kappa shape index (κ3) is 3.32. The molecule has 0 aliphatic carbocycles. The number of phenols is 2. The molecule has 2 N–H and O–H groups in total. The molecular formula is C15H10N4O2. The molecular weight excluding hydrogens is 268 g/mol. The SMILES string of the molecule is N#C/C(=C\c1ccc(O)c(O)c1)c1ccc(N=[N+]=[N-])cc1. The van der Waals surface area contributed by atoms with Crippen molar-refractivity contribution in [3.8, 4) is 17.6 Å². The summed E-state index contributed by atoms with van der Waals surface area (Å²) in [4.78, 5) is 2.68. The van der Waals surface area contributed by atoms with Crippen molar-refractivity contribution in [1.29, 1.82) is 5.26 Å². The van der Waals surface area contributed by atoms with Crippen molar-refractivity contribution in [2.45, 2.75) is 0 Å². The molecule has 0 atom stereocenters. The molecule has 0 fully saturated rings. The zero-order chi connectivity index (χ0) is 15.2. The molecule has 0 radical (unpaired) electrons. The molecule has 0 saturated carbocycles. The molecule has 0 spiro atoms. The van der Waals surface area contributed by atoms with Gasteiger partial charge in [0.2, 0.25) is 0 Å². The van der Waals surface area contributed by atoms with Crippen LogP contribution in [0.3, 0.4) is 0 Å². The van der Waals surface area contributed by atoms with Crippen LogP contribution in [0.15, 0.2) is 47.6 Å².